The van der Waals surface area contributed by atoms with E-state index in [9.17, 15) is 18.0 Å². The fraction of sp³-hybridized carbons (Fsp3) is 0.174. The van der Waals surface area contributed by atoms with Crippen LogP contribution in [0.15, 0.2) is 65.8 Å². The number of anilines is 1. The minimum atomic E-state index is -4.49. The van der Waals surface area contributed by atoms with E-state index in [4.69, 9.17) is 0 Å². The fourth-order valence-corrected chi connectivity index (χ4v) is 3.34. The number of hydrogen-bond acceptors (Lipinski definition) is 3. The van der Waals surface area contributed by atoms with Crippen molar-refractivity contribution < 1.29 is 18.0 Å². The lowest BCUT2D eigenvalue weighted by Crippen LogP contribution is -2.15. The van der Waals surface area contributed by atoms with Crippen molar-refractivity contribution in [2.24, 2.45) is 4.99 Å². The van der Waals surface area contributed by atoms with Crippen molar-refractivity contribution in [2.45, 2.75) is 25.9 Å². The van der Waals surface area contributed by atoms with Gasteiger partial charge < -0.3 is 5.32 Å². The quantitative estimate of drug-likeness (QED) is 0.595. The smallest absolute Gasteiger partial charge is 0.324 e. The average Bonchev–Trinajstić information content (AvgIpc) is 2.90. The molecule has 1 amide bonds. The van der Waals surface area contributed by atoms with Gasteiger partial charge in [-0.2, -0.15) is 13.2 Å². The molecule has 0 spiro atoms. The van der Waals surface area contributed by atoms with E-state index in [0.29, 0.717) is 11.4 Å². The molecule has 1 aliphatic rings. The van der Waals surface area contributed by atoms with Crippen LogP contribution in [0, 0.1) is 0 Å². The number of carbonyl (C=O) groups excluding carboxylic acids is 1. The highest BCUT2D eigenvalue weighted by Gasteiger charge is 2.31. The lowest BCUT2D eigenvalue weighted by Gasteiger charge is -2.10. The third kappa shape index (κ3) is 4.10. The van der Waals surface area contributed by atoms with Crippen LogP contribution in [-0.2, 0) is 17.4 Å². The predicted octanol–water partition coefficient (Wildman–Crippen LogP) is 5.79. The van der Waals surface area contributed by atoms with Crippen molar-refractivity contribution in [3.63, 3.8) is 0 Å². The van der Waals surface area contributed by atoms with Gasteiger partial charge in [0.05, 0.1) is 29.1 Å². The van der Waals surface area contributed by atoms with Gasteiger partial charge in [0.25, 0.3) is 0 Å². The molecule has 0 fully saturated rings. The number of alkyl halides is 3. The van der Waals surface area contributed by atoms with Gasteiger partial charge >= 0.3 is 6.18 Å². The minimum Gasteiger partial charge on any atom is -0.324 e. The van der Waals surface area contributed by atoms with Gasteiger partial charge in [0.1, 0.15) is 0 Å². The number of halogens is 3. The number of benzene rings is 2. The van der Waals surface area contributed by atoms with E-state index in [0.717, 1.165) is 40.9 Å². The largest absolute Gasteiger partial charge is 0.416 e. The second kappa shape index (κ2) is 7.74. The highest BCUT2D eigenvalue weighted by molar-refractivity contribution is 6.17. The van der Waals surface area contributed by atoms with E-state index in [2.05, 4.69) is 15.3 Å². The van der Waals surface area contributed by atoms with Gasteiger partial charge in [0.2, 0.25) is 5.91 Å². The number of aliphatic imine (C=N–C) groups is 1. The number of hydrogen-bond donors (Lipinski definition) is 1. The predicted molar refractivity (Wildman–Crippen MR) is 110 cm³/mol. The Labute approximate surface area is 171 Å². The van der Waals surface area contributed by atoms with E-state index < -0.39 is 17.6 Å². The normalized spacial score (nSPS) is 13.9. The molecular formula is C23H18F3N3O. The van der Waals surface area contributed by atoms with Gasteiger partial charge in [0.15, 0.2) is 0 Å². The first kappa shape index (κ1) is 19.8. The summed E-state index contributed by atoms with van der Waals surface area (Å²) in [5.41, 5.74) is 3.68. The number of carbonyl (C=O) groups is 1. The number of rotatable bonds is 3. The molecule has 2 heterocycles. The van der Waals surface area contributed by atoms with Crippen molar-refractivity contribution >= 4 is 23.0 Å². The van der Waals surface area contributed by atoms with E-state index in [1.807, 2.05) is 43.3 Å². The zero-order valence-corrected chi connectivity index (χ0v) is 16.1. The summed E-state index contributed by atoms with van der Waals surface area (Å²) in [7, 11) is 0. The molecule has 152 valence electrons. The van der Waals surface area contributed by atoms with Crippen LogP contribution < -0.4 is 5.32 Å². The Bertz CT molecular complexity index is 1150. The van der Waals surface area contributed by atoms with Crippen molar-refractivity contribution in [3.05, 3.63) is 77.6 Å². The zero-order valence-electron chi connectivity index (χ0n) is 16.1. The van der Waals surface area contributed by atoms with Crippen molar-refractivity contribution in [1.29, 1.82) is 0 Å². The van der Waals surface area contributed by atoms with Crippen LogP contribution in [0.25, 0.3) is 11.1 Å². The average molecular weight is 409 g/mol. The third-order valence-electron chi connectivity index (χ3n) is 4.89. The minimum absolute atomic E-state index is 0.0317. The summed E-state index contributed by atoms with van der Waals surface area (Å²) in [5, 5.41) is 2.53. The lowest BCUT2D eigenvalue weighted by molar-refractivity contribution is -0.137. The Morgan fingerprint density at radius 1 is 1.00 bits per heavy atom. The maximum absolute atomic E-state index is 13.0. The molecule has 1 aliphatic heterocycles. The maximum atomic E-state index is 13.0. The molecule has 4 rings (SSSR count). The third-order valence-corrected chi connectivity index (χ3v) is 4.89. The zero-order chi connectivity index (χ0) is 21.3. The Balaban J connectivity index is 1.75. The van der Waals surface area contributed by atoms with Gasteiger partial charge in [-0.3, -0.25) is 14.8 Å². The van der Waals surface area contributed by atoms with Crippen LogP contribution in [0.1, 0.15) is 30.2 Å². The fourth-order valence-electron chi connectivity index (χ4n) is 3.34. The molecule has 0 unspecified atom stereocenters. The molecule has 7 heteroatoms. The van der Waals surface area contributed by atoms with Gasteiger partial charge in [0, 0.05) is 11.9 Å². The van der Waals surface area contributed by atoms with Crippen LogP contribution in [0.3, 0.4) is 0 Å². The van der Waals surface area contributed by atoms with Crippen molar-refractivity contribution in [1.82, 2.24) is 4.98 Å². The molecule has 0 saturated carbocycles. The molecule has 1 aromatic heterocycles. The number of fused-ring (bicyclic) bond motifs is 1. The van der Waals surface area contributed by atoms with E-state index >= 15 is 0 Å². The molecule has 0 atom stereocenters. The van der Waals surface area contributed by atoms with E-state index in [1.54, 1.807) is 6.20 Å². The highest BCUT2D eigenvalue weighted by Crippen LogP contribution is 2.36. The lowest BCUT2D eigenvalue weighted by atomic mass is 9.99. The standard InChI is InChI=1S/C23H18F3N3O/c1-2-18-11-15(8-9-27-18)14-4-3-5-16(10-14)20-13-22(30)29-21-12-17(23(24,25)26)6-7-19(21)28-20/h3-12H,2,13H2,1H3,(H,29,30). The molecule has 4 nitrogen and oxygen atoms in total. The first-order valence-corrected chi connectivity index (χ1v) is 9.48. The van der Waals surface area contributed by atoms with Crippen LogP contribution >= 0.6 is 0 Å². The number of nitrogens with one attached hydrogen (secondary N) is 1. The van der Waals surface area contributed by atoms with Gasteiger partial charge in [-0.25, -0.2) is 0 Å². The number of nitrogens with zero attached hydrogens (tertiary/aromatic N) is 2. The SMILES string of the molecule is CCc1cc(-c2cccc(C3=Nc4ccc(C(F)(F)F)cc4NC(=O)C3)c2)ccn1. The van der Waals surface area contributed by atoms with Crippen LogP contribution in [0.2, 0.25) is 0 Å². The first-order valence-electron chi connectivity index (χ1n) is 9.48. The second-order valence-corrected chi connectivity index (χ2v) is 6.98. The molecule has 0 aliphatic carbocycles. The Hall–Kier alpha value is -3.48. The Morgan fingerprint density at radius 3 is 2.53 bits per heavy atom. The summed E-state index contributed by atoms with van der Waals surface area (Å²) in [4.78, 5) is 21.2. The van der Waals surface area contributed by atoms with E-state index in [-0.39, 0.29) is 12.1 Å². The number of pyridine rings is 1. The number of aromatic nitrogens is 1. The van der Waals surface area contributed by atoms with Gasteiger partial charge in [-0.05, 0) is 59.5 Å². The Morgan fingerprint density at radius 2 is 1.77 bits per heavy atom. The molecule has 2 aromatic carbocycles. The summed E-state index contributed by atoms with van der Waals surface area (Å²) >= 11 is 0. The summed E-state index contributed by atoms with van der Waals surface area (Å²) in [6, 6.07) is 14.7. The number of aryl methyl sites for hydroxylation is 1. The molecule has 0 bridgehead atoms. The van der Waals surface area contributed by atoms with Crippen LogP contribution in [0.5, 0.6) is 0 Å². The molecule has 30 heavy (non-hydrogen) atoms. The van der Waals surface area contributed by atoms with E-state index in [1.165, 1.54) is 6.07 Å². The summed E-state index contributed by atoms with van der Waals surface area (Å²) < 4.78 is 39.0. The number of amides is 1. The summed E-state index contributed by atoms with van der Waals surface area (Å²) in [6.07, 6.45) is -1.95. The topological polar surface area (TPSA) is 54.4 Å². The molecule has 1 N–H and O–H groups in total. The van der Waals surface area contributed by atoms with Crippen molar-refractivity contribution in [3.8, 4) is 11.1 Å². The van der Waals surface area contributed by atoms with Crippen LogP contribution in [-0.4, -0.2) is 16.6 Å². The maximum Gasteiger partial charge on any atom is 0.416 e. The molecular weight excluding hydrogens is 391 g/mol. The van der Waals surface area contributed by atoms with Crippen LogP contribution in [0.4, 0.5) is 24.5 Å². The summed E-state index contributed by atoms with van der Waals surface area (Å²) in [6.45, 7) is 2.03. The monoisotopic (exact) mass is 409 g/mol. The molecule has 0 radical (unpaired) electrons. The van der Waals surface area contributed by atoms with Gasteiger partial charge in [-0.15, -0.1) is 0 Å². The summed E-state index contributed by atoms with van der Waals surface area (Å²) in [5.74, 6) is -0.408. The van der Waals surface area contributed by atoms with Gasteiger partial charge in [-0.1, -0.05) is 25.1 Å². The van der Waals surface area contributed by atoms with Crippen molar-refractivity contribution in [2.75, 3.05) is 5.32 Å². The molecule has 3 aromatic rings. The second-order valence-electron chi connectivity index (χ2n) is 6.98. The Kier molecular flexibility index (Phi) is 5.11. The highest BCUT2D eigenvalue weighted by atomic mass is 19.4. The molecule has 0 saturated heterocycles. The first-order chi connectivity index (χ1) is 14.3.